The molecule has 2 aliphatic rings. The van der Waals surface area contributed by atoms with Crippen molar-refractivity contribution in [1.29, 1.82) is 0 Å². The summed E-state index contributed by atoms with van der Waals surface area (Å²) in [7, 11) is 0. The van der Waals surface area contributed by atoms with Gasteiger partial charge in [0.25, 0.3) is 0 Å². The summed E-state index contributed by atoms with van der Waals surface area (Å²) in [4.78, 5) is 26.1. The number of amides is 1. The molecule has 1 aromatic rings. The summed E-state index contributed by atoms with van der Waals surface area (Å²) in [6.07, 6.45) is 6.99. The van der Waals surface area contributed by atoms with Gasteiger partial charge in [-0.3, -0.25) is 9.59 Å². The first-order valence-electron chi connectivity index (χ1n) is 8.74. The lowest BCUT2D eigenvalue weighted by Crippen LogP contribution is -2.33. The Morgan fingerprint density at radius 3 is 2.25 bits per heavy atom. The van der Waals surface area contributed by atoms with Crippen LogP contribution in [0.4, 0.5) is 0 Å². The van der Waals surface area contributed by atoms with E-state index in [4.69, 9.17) is 0 Å². The summed E-state index contributed by atoms with van der Waals surface area (Å²) in [5.74, 6) is -0.439. The molecule has 3 atom stereocenters. The maximum atomic E-state index is 12.6. The third-order valence-electron chi connectivity index (χ3n) is 5.35. The molecule has 128 valence electrons. The van der Waals surface area contributed by atoms with Crippen molar-refractivity contribution in [1.82, 2.24) is 4.90 Å². The average molecular weight is 327 g/mol. The van der Waals surface area contributed by atoms with Crippen molar-refractivity contribution in [3.63, 3.8) is 0 Å². The van der Waals surface area contributed by atoms with Crippen LogP contribution in [0.2, 0.25) is 0 Å². The monoisotopic (exact) mass is 327 g/mol. The van der Waals surface area contributed by atoms with E-state index >= 15 is 0 Å². The maximum absolute atomic E-state index is 12.6. The van der Waals surface area contributed by atoms with Gasteiger partial charge in [-0.2, -0.15) is 0 Å². The van der Waals surface area contributed by atoms with E-state index in [0.717, 1.165) is 37.1 Å². The van der Waals surface area contributed by atoms with Gasteiger partial charge in [0.05, 0.1) is 5.92 Å². The van der Waals surface area contributed by atoms with Crippen LogP contribution in [0.15, 0.2) is 36.4 Å². The molecule has 1 aromatic carbocycles. The van der Waals surface area contributed by atoms with Gasteiger partial charge in [0, 0.05) is 19.5 Å². The Hall–Kier alpha value is -2.10. The molecule has 0 spiro atoms. The SMILES string of the molecule is Cc1ccc(CC(CC(=O)N2CC3CC=CCC3C2)C(=O)O)cc1. The minimum atomic E-state index is -0.887. The number of hydrogen-bond donors (Lipinski definition) is 1. The summed E-state index contributed by atoms with van der Waals surface area (Å²) in [6.45, 7) is 3.57. The molecule has 4 heteroatoms. The quantitative estimate of drug-likeness (QED) is 0.846. The van der Waals surface area contributed by atoms with E-state index < -0.39 is 11.9 Å². The molecule has 0 aromatic heterocycles. The van der Waals surface area contributed by atoms with Crippen molar-refractivity contribution in [2.45, 2.75) is 32.6 Å². The first-order valence-corrected chi connectivity index (χ1v) is 8.74. The molecule has 1 saturated heterocycles. The summed E-state index contributed by atoms with van der Waals surface area (Å²) in [6, 6.07) is 7.86. The second-order valence-electron chi connectivity index (χ2n) is 7.19. The Labute approximate surface area is 143 Å². The number of hydrogen-bond acceptors (Lipinski definition) is 2. The molecular formula is C20H25NO3. The normalized spacial score (nSPS) is 23.8. The van der Waals surface area contributed by atoms with Gasteiger partial charge in [-0.25, -0.2) is 0 Å². The third kappa shape index (κ3) is 3.86. The van der Waals surface area contributed by atoms with Crippen molar-refractivity contribution in [3.8, 4) is 0 Å². The highest BCUT2D eigenvalue weighted by Crippen LogP contribution is 2.33. The molecule has 1 aliphatic carbocycles. The zero-order chi connectivity index (χ0) is 17.1. The number of carbonyl (C=O) groups excluding carboxylic acids is 1. The smallest absolute Gasteiger partial charge is 0.307 e. The van der Waals surface area contributed by atoms with Crippen LogP contribution in [0.25, 0.3) is 0 Å². The number of carbonyl (C=O) groups is 2. The van der Waals surface area contributed by atoms with Crippen LogP contribution in [0.5, 0.6) is 0 Å². The molecule has 0 bridgehead atoms. The Morgan fingerprint density at radius 2 is 1.71 bits per heavy atom. The van der Waals surface area contributed by atoms with Crippen molar-refractivity contribution in [2.24, 2.45) is 17.8 Å². The molecule has 1 N–H and O–H groups in total. The molecule has 3 unspecified atom stereocenters. The van der Waals surface area contributed by atoms with E-state index in [0.29, 0.717) is 18.3 Å². The predicted molar refractivity (Wildman–Crippen MR) is 92.6 cm³/mol. The molecule has 3 rings (SSSR count). The summed E-state index contributed by atoms with van der Waals surface area (Å²) < 4.78 is 0. The van der Waals surface area contributed by atoms with Crippen LogP contribution in [0.3, 0.4) is 0 Å². The van der Waals surface area contributed by atoms with Gasteiger partial charge in [0.15, 0.2) is 0 Å². The highest BCUT2D eigenvalue weighted by atomic mass is 16.4. The molecule has 0 saturated carbocycles. The highest BCUT2D eigenvalue weighted by molar-refractivity contribution is 5.82. The highest BCUT2D eigenvalue weighted by Gasteiger charge is 2.36. The lowest BCUT2D eigenvalue weighted by molar-refractivity contribution is -0.145. The fraction of sp³-hybridized carbons (Fsp3) is 0.500. The van der Waals surface area contributed by atoms with Crippen LogP contribution >= 0.6 is 0 Å². The number of allylic oxidation sites excluding steroid dienone is 2. The Balaban J connectivity index is 1.60. The molecule has 1 fully saturated rings. The fourth-order valence-electron chi connectivity index (χ4n) is 3.81. The van der Waals surface area contributed by atoms with E-state index in [-0.39, 0.29) is 12.3 Å². The molecule has 24 heavy (non-hydrogen) atoms. The zero-order valence-corrected chi connectivity index (χ0v) is 14.1. The first-order chi connectivity index (χ1) is 11.5. The molecular weight excluding hydrogens is 302 g/mol. The first kappa shape index (κ1) is 16.7. The standard InChI is InChI=1S/C20H25NO3/c1-14-6-8-15(9-7-14)10-18(20(23)24)11-19(22)21-12-16-4-2-3-5-17(16)13-21/h2-3,6-9,16-18H,4-5,10-13H2,1H3,(H,23,24). The number of likely N-dealkylation sites (tertiary alicyclic amines) is 1. The van der Waals surface area contributed by atoms with Gasteiger partial charge in [-0.05, 0) is 43.6 Å². The summed E-state index contributed by atoms with van der Waals surface area (Å²) >= 11 is 0. The Morgan fingerprint density at radius 1 is 1.12 bits per heavy atom. The van der Waals surface area contributed by atoms with Gasteiger partial charge >= 0.3 is 5.97 Å². The maximum Gasteiger partial charge on any atom is 0.307 e. The summed E-state index contributed by atoms with van der Waals surface area (Å²) in [5, 5.41) is 9.51. The van der Waals surface area contributed by atoms with E-state index in [9.17, 15) is 14.7 Å². The van der Waals surface area contributed by atoms with Crippen molar-refractivity contribution in [3.05, 3.63) is 47.5 Å². The van der Waals surface area contributed by atoms with Crippen LogP contribution in [0, 0.1) is 24.7 Å². The van der Waals surface area contributed by atoms with Crippen LogP contribution in [-0.4, -0.2) is 35.0 Å². The number of aryl methyl sites for hydroxylation is 1. The molecule has 1 aliphatic heterocycles. The number of carboxylic acids is 1. The van der Waals surface area contributed by atoms with Gasteiger partial charge in [0.1, 0.15) is 0 Å². The van der Waals surface area contributed by atoms with E-state index in [2.05, 4.69) is 12.2 Å². The number of aliphatic carboxylic acids is 1. The largest absolute Gasteiger partial charge is 0.481 e. The molecule has 1 heterocycles. The van der Waals surface area contributed by atoms with Crippen LogP contribution in [0.1, 0.15) is 30.4 Å². The van der Waals surface area contributed by atoms with Gasteiger partial charge in [0.2, 0.25) is 5.91 Å². The van der Waals surface area contributed by atoms with Gasteiger partial charge in [-0.15, -0.1) is 0 Å². The average Bonchev–Trinajstić information content (AvgIpc) is 3.00. The number of benzene rings is 1. The topological polar surface area (TPSA) is 57.6 Å². The lowest BCUT2D eigenvalue weighted by Gasteiger charge is -2.19. The minimum absolute atomic E-state index is 0.0103. The van der Waals surface area contributed by atoms with Gasteiger partial charge < -0.3 is 10.0 Å². The molecule has 1 amide bonds. The Bertz CT molecular complexity index is 619. The minimum Gasteiger partial charge on any atom is -0.481 e. The van der Waals surface area contributed by atoms with Crippen molar-refractivity contribution < 1.29 is 14.7 Å². The second kappa shape index (κ2) is 7.20. The number of nitrogens with zero attached hydrogens (tertiary/aromatic N) is 1. The van der Waals surface area contributed by atoms with Gasteiger partial charge in [-0.1, -0.05) is 42.0 Å². The van der Waals surface area contributed by atoms with E-state index in [1.807, 2.05) is 36.1 Å². The molecule has 4 nitrogen and oxygen atoms in total. The number of fused-ring (bicyclic) bond motifs is 1. The van der Waals surface area contributed by atoms with Crippen LogP contribution < -0.4 is 0 Å². The van der Waals surface area contributed by atoms with Crippen molar-refractivity contribution >= 4 is 11.9 Å². The fourth-order valence-corrected chi connectivity index (χ4v) is 3.81. The number of carboxylic acid groups (broad SMARTS) is 1. The summed E-state index contributed by atoms with van der Waals surface area (Å²) in [5.41, 5.74) is 2.12. The van der Waals surface area contributed by atoms with E-state index in [1.54, 1.807) is 0 Å². The van der Waals surface area contributed by atoms with E-state index in [1.165, 1.54) is 0 Å². The molecule has 0 radical (unpaired) electrons. The van der Waals surface area contributed by atoms with Crippen molar-refractivity contribution in [2.75, 3.05) is 13.1 Å². The predicted octanol–water partition coefficient (Wildman–Crippen LogP) is 3.05. The Kier molecular flexibility index (Phi) is 5.03. The zero-order valence-electron chi connectivity index (χ0n) is 14.1. The third-order valence-corrected chi connectivity index (χ3v) is 5.35. The second-order valence-corrected chi connectivity index (χ2v) is 7.19. The lowest BCUT2D eigenvalue weighted by atomic mass is 9.86. The number of rotatable bonds is 5. The van der Waals surface area contributed by atoms with Crippen LogP contribution in [-0.2, 0) is 16.0 Å².